The van der Waals surface area contributed by atoms with Gasteiger partial charge < -0.3 is 15.0 Å². The molecule has 0 saturated carbocycles. The standard InChI is InChI=1S/C20H23N3O2/c1-12-9-16(10-13(2)19(12)25-15(4)24)11-21-14(3)20-22-17-7-5-6-8-18(17)23-20/h5-10,14,21H,11H2,1-4H3,(H,22,23). The summed E-state index contributed by atoms with van der Waals surface area (Å²) in [6, 6.07) is 12.2. The van der Waals surface area contributed by atoms with Crippen LogP contribution < -0.4 is 10.1 Å². The van der Waals surface area contributed by atoms with E-state index in [0.717, 1.165) is 33.5 Å². The Bertz CT molecular complexity index is 858. The first-order valence-electron chi connectivity index (χ1n) is 8.40. The third-order valence-electron chi connectivity index (χ3n) is 4.20. The topological polar surface area (TPSA) is 67.0 Å². The molecule has 0 aliphatic carbocycles. The highest BCUT2D eigenvalue weighted by Crippen LogP contribution is 2.25. The van der Waals surface area contributed by atoms with Crippen molar-refractivity contribution in [3.05, 3.63) is 58.9 Å². The molecular formula is C20H23N3O2. The van der Waals surface area contributed by atoms with Crippen molar-refractivity contribution in [2.45, 2.75) is 40.3 Å². The van der Waals surface area contributed by atoms with Crippen LogP contribution in [0.4, 0.5) is 0 Å². The van der Waals surface area contributed by atoms with Gasteiger partial charge in [0.15, 0.2) is 0 Å². The summed E-state index contributed by atoms with van der Waals surface area (Å²) < 4.78 is 5.29. The number of esters is 1. The number of nitrogens with one attached hydrogen (secondary N) is 2. The number of aromatic amines is 1. The number of H-pyrrole nitrogens is 1. The zero-order valence-electron chi connectivity index (χ0n) is 15.0. The predicted octanol–water partition coefficient (Wildman–Crippen LogP) is 3.96. The third kappa shape index (κ3) is 3.88. The number of carbonyl (C=O) groups excluding carboxylic acids is 1. The van der Waals surface area contributed by atoms with E-state index in [1.54, 1.807) is 0 Å². The van der Waals surface area contributed by atoms with E-state index in [1.807, 2.05) is 50.2 Å². The molecule has 0 amide bonds. The Hall–Kier alpha value is -2.66. The van der Waals surface area contributed by atoms with Crippen LogP contribution in [0.2, 0.25) is 0 Å². The van der Waals surface area contributed by atoms with Crippen LogP contribution in [0.3, 0.4) is 0 Å². The van der Waals surface area contributed by atoms with Crippen LogP contribution in [0.15, 0.2) is 36.4 Å². The maximum Gasteiger partial charge on any atom is 0.308 e. The largest absolute Gasteiger partial charge is 0.426 e. The van der Waals surface area contributed by atoms with Gasteiger partial charge in [-0.15, -0.1) is 0 Å². The van der Waals surface area contributed by atoms with Gasteiger partial charge in [-0.05, 0) is 49.6 Å². The quantitative estimate of drug-likeness (QED) is 0.546. The fourth-order valence-electron chi connectivity index (χ4n) is 2.99. The second-order valence-electron chi connectivity index (χ2n) is 6.39. The fraction of sp³-hybridized carbons (Fsp3) is 0.300. The number of hydrogen-bond donors (Lipinski definition) is 2. The molecule has 130 valence electrons. The molecule has 0 aliphatic rings. The molecule has 0 saturated heterocycles. The van der Waals surface area contributed by atoms with Gasteiger partial charge in [-0.2, -0.15) is 0 Å². The normalized spacial score (nSPS) is 12.3. The number of para-hydroxylation sites is 2. The molecule has 0 radical (unpaired) electrons. The molecule has 5 nitrogen and oxygen atoms in total. The first-order valence-corrected chi connectivity index (χ1v) is 8.40. The number of hydrogen-bond acceptors (Lipinski definition) is 4. The van der Waals surface area contributed by atoms with Crippen molar-refractivity contribution in [3.8, 4) is 5.75 Å². The highest BCUT2D eigenvalue weighted by Gasteiger charge is 2.12. The summed E-state index contributed by atoms with van der Waals surface area (Å²) in [6.07, 6.45) is 0. The van der Waals surface area contributed by atoms with Gasteiger partial charge in [0.25, 0.3) is 0 Å². The highest BCUT2D eigenvalue weighted by molar-refractivity contribution is 5.74. The number of aromatic nitrogens is 2. The van der Waals surface area contributed by atoms with Crippen LogP contribution >= 0.6 is 0 Å². The molecule has 1 aromatic heterocycles. The van der Waals surface area contributed by atoms with E-state index in [4.69, 9.17) is 4.74 Å². The minimum absolute atomic E-state index is 0.0983. The second-order valence-corrected chi connectivity index (χ2v) is 6.39. The average molecular weight is 337 g/mol. The lowest BCUT2D eigenvalue weighted by Crippen LogP contribution is -2.19. The van der Waals surface area contributed by atoms with Crippen LogP contribution in [-0.2, 0) is 11.3 Å². The van der Waals surface area contributed by atoms with Crippen LogP contribution in [0.1, 0.15) is 42.4 Å². The van der Waals surface area contributed by atoms with E-state index in [1.165, 1.54) is 6.92 Å². The Morgan fingerprint density at radius 3 is 2.56 bits per heavy atom. The number of carbonyl (C=O) groups is 1. The maximum absolute atomic E-state index is 11.2. The first kappa shape index (κ1) is 17.2. The molecule has 3 rings (SSSR count). The van der Waals surface area contributed by atoms with Gasteiger partial charge in [0, 0.05) is 13.5 Å². The van der Waals surface area contributed by atoms with Crippen molar-refractivity contribution in [1.82, 2.24) is 15.3 Å². The second kappa shape index (κ2) is 7.07. The van der Waals surface area contributed by atoms with Crippen LogP contribution in [-0.4, -0.2) is 15.9 Å². The molecule has 3 aromatic rings. The lowest BCUT2D eigenvalue weighted by atomic mass is 10.1. The minimum atomic E-state index is -0.296. The van der Waals surface area contributed by atoms with E-state index in [0.29, 0.717) is 12.3 Å². The van der Waals surface area contributed by atoms with Gasteiger partial charge in [-0.1, -0.05) is 24.3 Å². The lowest BCUT2D eigenvalue weighted by Gasteiger charge is -2.14. The zero-order valence-corrected chi connectivity index (χ0v) is 15.0. The van der Waals surface area contributed by atoms with Gasteiger partial charge in [0.1, 0.15) is 11.6 Å². The number of nitrogens with zero attached hydrogens (tertiary/aromatic N) is 1. The van der Waals surface area contributed by atoms with Crippen LogP contribution in [0.25, 0.3) is 11.0 Å². The van der Waals surface area contributed by atoms with Gasteiger partial charge in [-0.25, -0.2) is 4.98 Å². The molecule has 0 fully saturated rings. The van der Waals surface area contributed by atoms with E-state index in [9.17, 15) is 4.79 Å². The van der Waals surface area contributed by atoms with Crippen LogP contribution in [0, 0.1) is 13.8 Å². The molecule has 2 N–H and O–H groups in total. The summed E-state index contributed by atoms with van der Waals surface area (Å²) >= 11 is 0. The number of rotatable bonds is 5. The molecule has 2 aromatic carbocycles. The van der Waals surface area contributed by atoms with Gasteiger partial charge in [-0.3, -0.25) is 4.79 Å². The van der Waals surface area contributed by atoms with Crippen molar-refractivity contribution in [2.75, 3.05) is 0 Å². The summed E-state index contributed by atoms with van der Waals surface area (Å²) in [5, 5.41) is 3.49. The summed E-state index contributed by atoms with van der Waals surface area (Å²) in [4.78, 5) is 19.2. The average Bonchev–Trinajstić information content (AvgIpc) is 3.00. The third-order valence-corrected chi connectivity index (χ3v) is 4.20. The molecular weight excluding hydrogens is 314 g/mol. The summed E-state index contributed by atoms with van der Waals surface area (Å²) in [5.74, 6) is 1.28. The number of imidazole rings is 1. The van der Waals surface area contributed by atoms with E-state index >= 15 is 0 Å². The number of ether oxygens (including phenoxy) is 1. The SMILES string of the molecule is CC(=O)Oc1c(C)cc(CNC(C)c2nc3ccccc3[nH]2)cc1C. The van der Waals surface area contributed by atoms with Gasteiger partial charge >= 0.3 is 5.97 Å². The first-order chi connectivity index (χ1) is 11.9. The van der Waals surface area contributed by atoms with E-state index in [-0.39, 0.29) is 12.0 Å². The fourth-order valence-corrected chi connectivity index (χ4v) is 2.99. The highest BCUT2D eigenvalue weighted by atomic mass is 16.5. The Balaban J connectivity index is 1.71. The molecule has 5 heteroatoms. The van der Waals surface area contributed by atoms with Crippen molar-refractivity contribution in [2.24, 2.45) is 0 Å². The summed E-state index contributed by atoms with van der Waals surface area (Å²) in [5.41, 5.74) is 5.09. The molecule has 0 spiro atoms. The Morgan fingerprint density at radius 2 is 1.92 bits per heavy atom. The molecule has 1 unspecified atom stereocenters. The van der Waals surface area contributed by atoms with Crippen molar-refractivity contribution in [3.63, 3.8) is 0 Å². The smallest absolute Gasteiger partial charge is 0.308 e. The number of benzene rings is 2. The summed E-state index contributed by atoms with van der Waals surface area (Å²) in [6.45, 7) is 8.13. The lowest BCUT2D eigenvalue weighted by molar-refractivity contribution is -0.131. The molecule has 25 heavy (non-hydrogen) atoms. The Labute approximate surface area is 147 Å². The molecule has 0 bridgehead atoms. The Kier molecular flexibility index (Phi) is 4.86. The monoisotopic (exact) mass is 337 g/mol. The maximum atomic E-state index is 11.2. The molecule has 0 aliphatic heterocycles. The zero-order chi connectivity index (χ0) is 18.0. The molecule has 1 atom stereocenters. The van der Waals surface area contributed by atoms with E-state index < -0.39 is 0 Å². The van der Waals surface area contributed by atoms with Gasteiger partial charge in [0.05, 0.1) is 17.1 Å². The van der Waals surface area contributed by atoms with Crippen molar-refractivity contribution >= 4 is 17.0 Å². The predicted molar refractivity (Wildman–Crippen MR) is 98.6 cm³/mol. The van der Waals surface area contributed by atoms with Crippen molar-refractivity contribution in [1.29, 1.82) is 0 Å². The number of fused-ring (bicyclic) bond motifs is 1. The molecule has 1 heterocycles. The van der Waals surface area contributed by atoms with Gasteiger partial charge in [0.2, 0.25) is 0 Å². The van der Waals surface area contributed by atoms with Crippen molar-refractivity contribution < 1.29 is 9.53 Å². The Morgan fingerprint density at radius 1 is 1.24 bits per heavy atom. The van der Waals surface area contributed by atoms with E-state index in [2.05, 4.69) is 22.2 Å². The number of aryl methyl sites for hydroxylation is 2. The summed E-state index contributed by atoms with van der Waals surface area (Å²) in [7, 11) is 0. The van der Waals surface area contributed by atoms with Crippen LogP contribution in [0.5, 0.6) is 5.75 Å². The minimum Gasteiger partial charge on any atom is -0.426 e.